The minimum Gasteiger partial charge on any atom is -0.467 e. The van der Waals surface area contributed by atoms with Crippen LogP contribution in [-0.2, 0) is 17.9 Å². The summed E-state index contributed by atoms with van der Waals surface area (Å²) in [5.74, 6) is 3.05. The van der Waals surface area contributed by atoms with E-state index in [1.807, 2.05) is 11.8 Å². The SMILES string of the molecule is CN=C(NCc1cc(F)cc2c1OCOC2)N1CCSC(C(C)C)C1. The van der Waals surface area contributed by atoms with Gasteiger partial charge in [0.15, 0.2) is 12.8 Å². The molecule has 0 aromatic heterocycles. The van der Waals surface area contributed by atoms with Crippen molar-refractivity contribution >= 4 is 17.7 Å². The number of hydrogen-bond acceptors (Lipinski definition) is 4. The number of fused-ring (bicyclic) bond motifs is 1. The van der Waals surface area contributed by atoms with Crippen molar-refractivity contribution in [1.82, 2.24) is 10.2 Å². The van der Waals surface area contributed by atoms with Crippen molar-refractivity contribution < 1.29 is 13.9 Å². The molecule has 25 heavy (non-hydrogen) atoms. The van der Waals surface area contributed by atoms with Crippen LogP contribution in [0.15, 0.2) is 17.1 Å². The minimum absolute atomic E-state index is 0.208. The lowest BCUT2D eigenvalue weighted by molar-refractivity contribution is -0.0173. The molecule has 1 N–H and O–H groups in total. The second-order valence-electron chi connectivity index (χ2n) is 6.66. The molecule has 1 saturated heterocycles. The third-order valence-electron chi connectivity index (χ3n) is 4.54. The number of ether oxygens (including phenoxy) is 2. The van der Waals surface area contributed by atoms with E-state index in [9.17, 15) is 4.39 Å². The molecule has 0 bridgehead atoms. The van der Waals surface area contributed by atoms with Crippen LogP contribution in [0, 0.1) is 11.7 Å². The highest BCUT2D eigenvalue weighted by Gasteiger charge is 2.25. The van der Waals surface area contributed by atoms with Gasteiger partial charge in [-0.25, -0.2) is 4.39 Å². The number of aliphatic imine (C=N–C) groups is 1. The molecule has 2 aliphatic rings. The van der Waals surface area contributed by atoms with Crippen LogP contribution in [0.25, 0.3) is 0 Å². The maximum absolute atomic E-state index is 13.9. The molecule has 0 amide bonds. The topological polar surface area (TPSA) is 46.1 Å². The van der Waals surface area contributed by atoms with Crippen LogP contribution in [-0.4, -0.2) is 48.8 Å². The summed E-state index contributed by atoms with van der Waals surface area (Å²) in [4.78, 5) is 6.71. The predicted molar refractivity (Wildman–Crippen MR) is 99.5 cm³/mol. The average molecular weight is 367 g/mol. The molecular formula is C18H26FN3O2S. The van der Waals surface area contributed by atoms with E-state index >= 15 is 0 Å². The van der Waals surface area contributed by atoms with Crippen molar-refractivity contribution in [3.05, 3.63) is 29.1 Å². The average Bonchev–Trinajstić information content (AvgIpc) is 2.62. The molecular weight excluding hydrogens is 341 g/mol. The fourth-order valence-corrected chi connectivity index (χ4v) is 4.46. The third kappa shape index (κ3) is 4.39. The van der Waals surface area contributed by atoms with Gasteiger partial charge in [0, 0.05) is 48.8 Å². The van der Waals surface area contributed by atoms with E-state index in [-0.39, 0.29) is 12.6 Å². The van der Waals surface area contributed by atoms with E-state index in [2.05, 4.69) is 29.1 Å². The van der Waals surface area contributed by atoms with Crippen LogP contribution < -0.4 is 10.1 Å². The summed E-state index contributed by atoms with van der Waals surface area (Å²) in [5, 5.41) is 3.98. The van der Waals surface area contributed by atoms with Crippen molar-refractivity contribution in [2.24, 2.45) is 10.9 Å². The van der Waals surface area contributed by atoms with Crippen molar-refractivity contribution in [2.45, 2.75) is 32.2 Å². The zero-order valence-corrected chi connectivity index (χ0v) is 15.9. The first-order valence-electron chi connectivity index (χ1n) is 8.67. The van der Waals surface area contributed by atoms with Crippen LogP contribution in [0.5, 0.6) is 5.75 Å². The maximum atomic E-state index is 13.9. The molecule has 1 unspecified atom stereocenters. The highest BCUT2D eigenvalue weighted by molar-refractivity contribution is 8.00. The van der Waals surface area contributed by atoms with Gasteiger partial charge in [-0.15, -0.1) is 0 Å². The van der Waals surface area contributed by atoms with Crippen molar-refractivity contribution in [3.8, 4) is 5.75 Å². The molecule has 0 radical (unpaired) electrons. The Bertz CT molecular complexity index is 639. The fourth-order valence-electron chi connectivity index (χ4n) is 3.17. The monoisotopic (exact) mass is 367 g/mol. The lowest BCUT2D eigenvalue weighted by Gasteiger charge is -2.36. The van der Waals surface area contributed by atoms with Gasteiger partial charge < -0.3 is 19.7 Å². The molecule has 3 rings (SSSR count). The number of benzene rings is 1. The Morgan fingerprint density at radius 3 is 3.08 bits per heavy atom. The second kappa shape index (κ2) is 8.27. The standard InChI is InChI=1S/C18H26FN3O2S/c1-12(2)16-9-22(4-5-25-16)18(20-3)21-8-13-6-15(19)7-14-10-23-11-24-17(13)14/h6-7,12,16H,4-5,8-11H2,1-3H3,(H,20,21). The van der Waals surface area contributed by atoms with Crippen LogP contribution in [0.2, 0.25) is 0 Å². The minimum atomic E-state index is -0.270. The molecule has 1 aromatic rings. The van der Waals surface area contributed by atoms with E-state index in [1.165, 1.54) is 12.1 Å². The van der Waals surface area contributed by atoms with Crippen molar-refractivity contribution in [1.29, 1.82) is 0 Å². The Hall–Kier alpha value is -1.47. The van der Waals surface area contributed by atoms with Crippen molar-refractivity contribution in [2.75, 3.05) is 32.7 Å². The van der Waals surface area contributed by atoms with Gasteiger partial charge >= 0.3 is 0 Å². The Balaban J connectivity index is 1.69. The molecule has 0 saturated carbocycles. The Kier molecular flexibility index (Phi) is 6.06. The van der Waals surface area contributed by atoms with Gasteiger partial charge in [0.1, 0.15) is 11.6 Å². The largest absolute Gasteiger partial charge is 0.467 e. The third-order valence-corrected chi connectivity index (χ3v) is 6.08. The molecule has 2 aliphatic heterocycles. The Labute approximate surface area is 153 Å². The first-order chi connectivity index (χ1) is 12.1. The summed E-state index contributed by atoms with van der Waals surface area (Å²) in [6, 6.07) is 3.00. The van der Waals surface area contributed by atoms with Crippen molar-refractivity contribution in [3.63, 3.8) is 0 Å². The molecule has 138 valence electrons. The van der Waals surface area contributed by atoms with E-state index in [1.54, 1.807) is 7.05 Å². The number of guanidine groups is 1. The molecule has 1 atom stereocenters. The number of thioether (sulfide) groups is 1. The quantitative estimate of drug-likeness (QED) is 0.658. The Morgan fingerprint density at radius 2 is 2.32 bits per heavy atom. The Morgan fingerprint density at radius 1 is 1.48 bits per heavy atom. The van der Waals surface area contributed by atoms with Gasteiger partial charge in [-0.2, -0.15) is 11.8 Å². The molecule has 1 aromatic carbocycles. The number of rotatable bonds is 3. The van der Waals surface area contributed by atoms with Gasteiger partial charge in [0.2, 0.25) is 0 Å². The second-order valence-corrected chi connectivity index (χ2v) is 8.01. The van der Waals surface area contributed by atoms with E-state index in [4.69, 9.17) is 9.47 Å². The summed E-state index contributed by atoms with van der Waals surface area (Å²) in [7, 11) is 1.79. The lowest BCUT2D eigenvalue weighted by atomic mass is 10.1. The summed E-state index contributed by atoms with van der Waals surface area (Å²) < 4.78 is 24.7. The highest BCUT2D eigenvalue weighted by Crippen LogP contribution is 2.29. The van der Waals surface area contributed by atoms with Gasteiger partial charge in [-0.3, -0.25) is 4.99 Å². The smallest absolute Gasteiger partial charge is 0.193 e. The zero-order chi connectivity index (χ0) is 17.8. The molecule has 2 heterocycles. The summed E-state index contributed by atoms with van der Waals surface area (Å²) >= 11 is 2.03. The normalized spacial score (nSPS) is 21.1. The highest BCUT2D eigenvalue weighted by atomic mass is 32.2. The van der Waals surface area contributed by atoms with Crippen LogP contribution in [0.1, 0.15) is 25.0 Å². The molecule has 0 aliphatic carbocycles. The van der Waals surface area contributed by atoms with Crippen LogP contribution >= 0.6 is 11.8 Å². The van der Waals surface area contributed by atoms with Crippen LogP contribution in [0.3, 0.4) is 0 Å². The number of halogens is 1. The first kappa shape index (κ1) is 18.3. The number of nitrogens with zero attached hydrogens (tertiary/aromatic N) is 2. The fraction of sp³-hybridized carbons (Fsp3) is 0.611. The molecule has 5 nitrogen and oxygen atoms in total. The predicted octanol–water partition coefficient (Wildman–Crippen LogP) is 2.84. The molecule has 0 spiro atoms. The zero-order valence-electron chi connectivity index (χ0n) is 15.0. The number of nitrogens with one attached hydrogen (secondary N) is 1. The van der Waals surface area contributed by atoms with E-state index in [0.717, 1.165) is 41.7 Å². The first-order valence-corrected chi connectivity index (χ1v) is 9.72. The van der Waals surface area contributed by atoms with Gasteiger partial charge in [0.25, 0.3) is 0 Å². The van der Waals surface area contributed by atoms with Crippen LogP contribution in [0.4, 0.5) is 4.39 Å². The summed E-state index contributed by atoms with van der Waals surface area (Å²) in [6.45, 7) is 7.54. The van der Waals surface area contributed by atoms with Gasteiger partial charge in [-0.05, 0) is 18.1 Å². The van der Waals surface area contributed by atoms with E-state index in [0.29, 0.717) is 24.3 Å². The molecule has 1 fully saturated rings. The number of hydrogen-bond donors (Lipinski definition) is 1. The van der Waals surface area contributed by atoms with Gasteiger partial charge in [0.05, 0.1) is 6.61 Å². The van der Waals surface area contributed by atoms with E-state index < -0.39 is 0 Å². The summed E-state index contributed by atoms with van der Waals surface area (Å²) in [6.07, 6.45) is 0. The maximum Gasteiger partial charge on any atom is 0.193 e. The summed E-state index contributed by atoms with van der Waals surface area (Å²) in [5.41, 5.74) is 1.55. The van der Waals surface area contributed by atoms with Gasteiger partial charge in [-0.1, -0.05) is 13.8 Å². The molecule has 7 heteroatoms. The lowest BCUT2D eigenvalue weighted by Crippen LogP contribution is -2.48.